The fourth-order valence-electron chi connectivity index (χ4n) is 1.86. The molecule has 3 heteroatoms. The summed E-state index contributed by atoms with van der Waals surface area (Å²) in [5.74, 6) is 0. The summed E-state index contributed by atoms with van der Waals surface area (Å²) in [5, 5.41) is 4.91. The van der Waals surface area contributed by atoms with E-state index in [9.17, 15) is 0 Å². The van der Waals surface area contributed by atoms with Gasteiger partial charge in [0.25, 0.3) is 0 Å². The largest absolute Gasteiger partial charge is 0.302 e. The highest BCUT2D eigenvalue weighted by molar-refractivity contribution is 8.00. The third kappa shape index (κ3) is 2.15. The van der Waals surface area contributed by atoms with Crippen LogP contribution in [0.15, 0.2) is 6.07 Å². The van der Waals surface area contributed by atoms with Crippen LogP contribution in [0.5, 0.6) is 0 Å². The molecule has 1 aliphatic rings. The predicted octanol–water partition coefficient (Wildman–Crippen LogP) is 3.48. The van der Waals surface area contributed by atoms with Gasteiger partial charge >= 0.3 is 0 Å². The molecule has 0 radical (unpaired) electrons. The average molecular weight is 227 g/mol. The Morgan fingerprint density at radius 3 is 2.79 bits per heavy atom. The van der Waals surface area contributed by atoms with Crippen molar-refractivity contribution in [2.24, 2.45) is 0 Å². The first kappa shape index (κ1) is 10.5. The first-order chi connectivity index (χ1) is 6.66. The molecule has 14 heavy (non-hydrogen) atoms. The van der Waals surface area contributed by atoms with Crippen molar-refractivity contribution in [2.75, 3.05) is 6.54 Å². The van der Waals surface area contributed by atoms with Gasteiger partial charge in [0.15, 0.2) is 0 Å². The summed E-state index contributed by atoms with van der Waals surface area (Å²) >= 11 is 3.97. The minimum absolute atomic E-state index is 0.531. The molecule has 78 valence electrons. The van der Waals surface area contributed by atoms with E-state index in [1.807, 2.05) is 11.3 Å². The number of aryl methyl sites for hydroxylation is 2. The average Bonchev–Trinajstić information content (AvgIpc) is 2.45. The Bertz CT molecular complexity index is 319. The molecule has 0 saturated carbocycles. The van der Waals surface area contributed by atoms with Gasteiger partial charge in [-0.1, -0.05) is 6.92 Å². The van der Waals surface area contributed by atoms with Gasteiger partial charge < -0.3 is 5.32 Å². The molecule has 0 spiro atoms. The Hall–Kier alpha value is 0.01000. The van der Waals surface area contributed by atoms with E-state index in [-0.39, 0.29) is 0 Å². The summed E-state index contributed by atoms with van der Waals surface area (Å²) in [6.07, 6.45) is 1.29. The third-order valence-corrected chi connectivity index (χ3v) is 4.99. The Kier molecular flexibility index (Phi) is 3.20. The zero-order valence-corrected chi connectivity index (χ0v) is 10.6. The zero-order valence-electron chi connectivity index (χ0n) is 8.96. The van der Waals surface area contributed by atoms with Crippen LogP contribution in [0.2, 0.25) is 0 Å². The molecule has 2 unspecified atom stereocenters. The van der Waals surface area contributed by atoms with Crippen LogP contribution in [0.1, 0.15) is 34.0 Å². The van der Waals surface area contributed by atoms with E-state index in [1.54, 1.807) is 0 Å². The second-order valence-corrected chi connectivity index (χ2v) is 6.95. The fraction of sp³-hybridized carbons (Fsp3) is 0.636. The van der Waals surface area contributed by atoms with E-state index >= 15 is 0 Å². The highest BCUT2D eigenvalue weighted by Crippen LogP contribution is 2.38. The summed E-state index contributed by atoms with van der Waals surface area (Å²) in [7, 11) is 0. The van der Waals surface area contributed by atoms with Crippen molar-refractivity contribution in [3.8, 4) is 0 Å². The molecule has 1 N–H and O–H groups in total. The summed E-state index contributed by atoms with van der Waals surface area (Å²) in [4.78, 5) is 2.90. The van der Waals surface area contributed by atoms with Crippen LogP contribution in [-0.2, 0) is 0 Å². The lowest BCUT2D eigenvalue weighted by Crippen LogP contribution is -2.28. The Balaban J connectivity index is 2.17. The first-order valence-corrected chi connectivity index (χ1v) is 6.88. The summed E-state index contributed by atoms with van der Waals surface area (Å²) in [5.41, 5.74) is 1.50. The normalized spacial score (nSPS) is 27.9. The highest BCUT2D eigenvalue weighted by atomic mass is 32.2. The van der Waals surface area contributed by atoms with Crippen LogP contribution < -0.4 is 5.32 Å². The first-order valence-electron chi connectivity index (χ1n) is 5.12. The molecule has 1 aromatic heterocycles. The third-order valence-electron chi connectivity index (χ3n) is 2.61. The van der Waals surface area contributed by atoms with E-state index < -0.39 is 0 Å². The predicted molar refractivity (Wildman–Crippen MR) is 66.2 cm³/mol. The Morgan fingerprint density at radius 2 is 2.21 bits per heavy atom. The topological polar surface area (TPSA) is 12.0 Å². The lowest BCUT2D eigenvalue weighted by Gasteiger charge is -2.27. The number of rotatable bonds is 1. The zero-order chi connectivity index (χ0) is 10.1. The van der Waals surface area contributed by atoms with E-state index in [0.29, 0.717) is 5.37 Å². The van der Waals surface area contributed by atoms with E-state index in [4.69, 9.17) is 0 Å². The number of hydrogen-bond donors (Lipinski definition) is 1. The van der Waals surface area contributed by atoms with Crippen LogP contribution in [0.4, 0.5) is 0 Å². The molecule has 1 saturated heterocycles. The summed E-state index contributed by atoms with van der Waals surface area (Å²) < 4.78 is 0. The van der Waals surface area contributed by atoms with Gasteiger partial charge in [-0.15, -0.1) is 23.1 Å². The fourth-order valence-corrected chi connectivity index (χ4v) is 4.22. The maximum Gasteiger partial charge on any atom is 0.0802 e. The molecule has 1 nitrogen and oxygen atoms in total. The van der Waals surface area contributed by atoms with E-state index in [0.717, 1.165) is 11.8 Å². The number of nitrogens with one attached hydrogen (secondary N) is 1. The van der Waals surface area contributed by atoms with E-state index in [2.05, 4.69) is 43.9 Å². The van der Waals surface area contributed by atoms with Crippen LogP contribution >= 0.6 is 23.1 Å². The Labute approximate surface area is 94.3 Å². The van der Waals surface area contributed by atoms with Crippen LogP contribution in [0.3, 0.4) is 0 Å². The van der Waals surface area contributed by atoms with Crippen LogP contribution in [-0.4, -0.2) is 11.8 Å². The molecule has 2 rings (SSSR count). The van der Waals surface area contributed by atoms with Crippen molar-refractivity contribution in [3.05, 3.63) is 21.4 Å². The molecular formula is C11H17NS2. The molecule has 0 amide bonds. The quantitative estimate of drug-likeness (QED) is 0.788. The van der Waals surface area contributed by atoms with Crippen molar-refractivity contribution in [2.45, 2.75) is 37.8 Å². The van der Waals surface area contributed by atoms with Crippen molar-refractivity contribution in [1.82, 2.24) is 5.32 Å². The van der Waals surface area contributed by atoms with Gasteiger partial charge in [0.1, 0.15) is 0 Å². The molecule has 2 atom stereocenters. The molecule has 1 aliphatic heterocycles. The maximum absolute atomic E-state index is 3.59. The van der Waals surface area contributed by atoms with Gasteiger partial charge in [0.2, 0.25) is 0 Å². The lowest BCUT2D eigenvalue weighted by atomic mass is 10.2. The van der Waals surface area contributed by atoms with Crippen LogP contribution in [0.25, 0.3) is 0 Å². The van der Waals surface area contributed by atoms with Crippen molar-refractivity contribution >= 4 is 23.1 Å². The highest BCUT2D eigenvalue weighted by Gasteiger charge is 2.22. The molecule has 2 heterocycles. The van der Waals surface area contributed by atoms with Gasteiger partial charge in [0.05, 0.1) is 5.37 Å². The van der Waals surface area contributed by atoms with Gasteiger partial charge in [-0.3, -0.25) is 0 Å². The molecule has 1 fully saturated rings. The van der Waals surface area contributed by atoms with Gasteiger partial charge in [-0.05, 0) is 38.4 Å². The number of thiophene rings is 1. The molecule has 1 aromatic rings. The molecule has 0 bridgehead atoms. The smallest absolute Gasteiger partial charge is 0.0802 e. The summed E-state index contributed by atoms with van der Waals surface area (Å²) in [6.45, 7) is 7.91. The van der Waals surface area contributed by atoms with Crippen molar-refractivity contribution < 1.29 is 0 Å². The molecule has 0 aliphatic carbocycles. The monoisotopic (exact) mass is 227 g/mol. The minimum atomic E-state index is 0.531. The number of hydrogen-bond acceptors (Lipinski definition) is 3. The Morgan fingerprint density at radius 1 is 1.43 bits per heavy atom. The molecular weight excluding hydrogens is 210 g/mol. The summed E-state index contributed by atoms with van der Waals surface area (Å²) in [6, 6.07) is 2.34. The van der Waals surface area contributed by atoms with E-state index in [1.165, 1.54) is 21.7 Å². The number of thioether (sulfide) groups is 1. The van der Waals surface area contributed by atoms with Crippen molar-refractivity contribution in [3.63, 3.8) is 0 Å². The van der Waals surface area contributed by atoms with Crippen LogP contribution in [0, 0.1) is 13.8 Å². The maximum atomic E-state index is 3.59. The minimum Gasteiger partial charge on any atom is -0.302 e. The lowest BCUT2D eigenvalue weighted by molar-refractivity contribution is 0.605. The second-order valence-electron chi connectivity index (χ2n) is 3.94. The van der Waals surface area contributed by atoms with Gasteiger partial charge in [-0.2, -0.15) is 0 Å². The second kappa shape index (κ2) is 4.25. The van der Waals surface area contributed by atoms with Crippen molar-refractivity contribution in [1.29, 1.82) is 0 Å². The SMILES string of the molecule is Cc1cc(C2NCCC(C)S2)c(C)s1. The van der Waals surface area contributed by atoms with Gasteiger partial charge in [0, 0.05) is 15.0 Å². The van der Waals surface area contributed by atoms with Gasteiger partial charge in [-0.25, -0.2) is 0 Å². The molecule has 0 aromatic carbocycles. The standard InChI is InChI=1S/C11H17NS2/c1-7-4-5-12-11(14-7)10-6-8(2)13-9(10)3/h6-7,11-12H,4-5H2,1-3H3.